The van der Waals surface area contributed by atoms with Crippen molar-refractivity contribution < 1.29 is 9.59 Å². The van der Waals surface area contributed by atoms with E-state index >= 15 is 0 Å². The van der Waals surface area contributed by atoms with Crippen LogP contribution < -0.4 is 10.6 Å². The first-order valence-corrected chi connectivity index (χ1v) is 8.94. The number of carbonyl (C=O) groups excluding carboxylic acids is 2. The summed E-state index contributed by atoms with van der Waals surface area (Å²) < 4.78 is 0. The topological polar surface area (TPSA) is 61.4 Å². The van der Waals surface area contributed by atoms with E-state index in [2.05, 4.69) is 17.6 Å². The van der Waals surface area contributed by atoms with Gasteiger partial charge in [-0.05, 0) is 50.6 Å². The Morgan fingerprint density at radius 2 is 1.95 bits per heavy atom. The molecule has 2 heterocycles. The van der Waals surface area contributed by atoms with Crippen LogP contribution in [0.2, 0.25) is 0 Å². The average molecular weight is 307 g/mol. The predicted molar refractivity (Wildman–Crippen MR) is 85.3 cm³/mol. The lowest BCUT2D eigenvalue weighted by Gasteiger charge is -2.44. The second kappa shape index (κ2) is 6.99. The van der Waals surface area contributed by atoms with Crippen LogP contribution in [0.15, 0.2) is 0 Å². The number of piperidine rings is 1. The van der Waals surface area contributed by atoms with E-state index in [4.69, 9.17) is 0 Å². The normalized spacial score (nSPS) is 31.3. The molecule has 3 aliphatic rings. The zero-order valence-corrected chi connectivity index (χ0v) is 13.6. The molecule has 3 atom stereocenters. The van der Waals surface area contributed by atoms with Gasteiger partial charge in [-0.15, -0.1) is 0 Å². The van der Waals surface area contributed by atoms with E-state index < -0.39 is 0 Å². The Bertz CT molecular complexity index is 420. The number of nitrogens with one attached hydrogen (secondary N) is 2. The van der Waals surface area contributed by atoms with Gasteiger partial charge in [-0.3, -0.25) is 9.59 Å². The van der Waals surface area contributed by atoms with Gasteiger partial charge in [0.15, 0.2) is 0 Å². The molecule has 0 bridgehead atoms. The fourth-order valence-corrected chi connectivity index (χ4v) is 4.42. The maximum absolute atomic E-state index is 12.8. The zero-order valence-electron chi connectivity index (χ0n) is 13.6. The lowest BCUT2D eigenvalue weighted by molar-refractivity contribution is -0.145. The lowest BCUT2D eigenvalue weighted by Crippen LogP contribution is -2.63. The molecular weight excluding hydrogens is 278 g/mol. The minimum Gasteiger partial charge on any atom is -0.350 e. The van der Waals surface area contributed by atoms with Crippen molar-refractivity contribution >= 4 is 11.8 Å². The highest BCUT2D eigenvalue weighted by atomic mass is 16.2. The molecule has 0 radical (unpaired) electrons. The number of carbonyl (C=O) groups is 2. The molecule has 2 amide bonds. The molecule has 3 fully saturated rings. The quantitative estimate of drug-likeness (QED) is 0.826. The van der Waals surface area contributed by atoms with E-state index in [9.17, 15) is 9.59 Å². The number of amides is 2. The summed E-state index contributed by atoms with van der Waals surface area (Å²) in [5.74, 6) is 1.27. The van der Waals surface area contributed by atoms with Crippen molar-refractivity contribution in [3.63, 3.8) is 0 Å². The summed E-state index contributed by atoms with van der Waals surface area (Å²) in [6.45, 7) is 4.61. The average Bonchev–Trinajstić information content (AvgIpc) is 2.54. The van der Waals surface area contributed by atoms with E-state index in [-0.39, 0.29) is 30.4 Å². The van der Waals surface area contributed by atoms with Crippen molar-refractivity contribution in [2.75, 3.05) is 19.6 Å². The summed E-state index contributed by atoms with van der Waals surface area (Å²) in [6, 6.07) is 0.423. The van der Waals surface area contributed by atoms with Crippen LogP contribution in [0.3, 0.4) is 0 Å². The lowest BCUT2D eigenvalue weighted by atomic mass is 9.83. The van der Waals surface area contributed by atoms with Crippen molar-refractivity contribution in [3.05, 3.63) is 0 Å². The van der Waals surface area contributed by atoms with Crippen molar-refractivity contribution in [3.8, 4) is 0 Å². The van der Waals surface area contributed by atoms with Gasteiger partial charge < -0.3 is 15.5 Å². The Hall–Kier alpha value is -1.10. The molecular formula is C17H29N3O2. The third-order valence-corrected chi connectivity index (χ3v) is 5.80. The maximum atomic E-state index is 12.8. The molecule has 2 saturated heterocycles. The Balaban J connectivity index is 1.60. The minimum absolute atomic E-state index is 0.0195. The molecule has 0 aromatic heterocycles. The Morgan fingerprint density at radius 1 is 1.23 bits per heavy atom. The molecule has 0 aromatic carbocycles. The zero-order chi connectivity index (χ0) is 15.5. The Labute approximate surface area is 133 Å². The summed E-state index contributed by atoms with van der Waals surface area (Å²) in [7, 11) is 0. The fraction of sp³-hybridized carbons (Fsp3) is 0.882. The number of rotatable bonds is 3. The molecule has 0 spiro atoms. The van der Waals surface area contributed by atoms with Gasteiger partial charge in [-0.1, -0.05) is 19.8 Å². The van der Waals surface area contributed by atoms with Gasteiger partial charge >= 0.3 is 0 Å². The van der Waals surface area contributed by atoms with E-state index in [1.807, 2.05) is 4.90 Å². The summed E-state index contributed by atoms with van der Waals surface area (Å²) in [4.78, 5) is 26.6. The van der Waals surface area contributed by atoms with Crippen molar-refractivity contribution in [2.45, 2.75) is 64.0 Å². The summed E-state index contributed by atoms with van der Waals surface area (Å²) in [5.41, 5.74) is 0. The third kappa shape index (κ3) is 3.45. The van der Waals surface area contributed by atoms with Crippen LogP contribution >= 0.6 is 0 Å². The number of fused-ring (bicyclic) bond motifs is 1. The van der Waals surface area contributed by atoms with Gasteiger partial charge in [-0.25, -0.2) is 0 Å². The Morgan fingerprint density at radius 3 is 2.73 bits per heavy atom. The molecule has 5 nitrogen and oxygen atoms in total. The number of piperazine rings is 1. The van der Waals surface area contributed by atoms with Gasteiger partial charge in [0.2, 0.25) is 11.8 Å². The first kappa shape index (κ1) is 15.8. The molecule has 3 rings (SSSR count). The van der Waals surface area contributed by atoms with E-state index in [0.717, 1.165) is 32.4 Å². The monoisotopic (exact) mass is 307 g/mol. The summed E-state index contributed by atoms with van der Waals surface area (Å²) >= 11 is 0. The fourth-order valence-electron chi connectivity index (χ4n) is 4.42. The summed E-state index contributed by atoms with van der Waals surface area (Å²) in [5, 5.41) is 6.46. The molecule has 1 saturated carbocycles. The molecule has 22 heavy (non-hydrogen) atoms. The standard InChI is InChI=1S/C17H29N3O2/c1-12(13-6-8-18-9-7-13)10-17(22)20-11-16(21)19-14-4-2-3-5-15(14)20/h12-15,18H,2-11H2,1H3,(H,19,21). The molecule has 2 aliphatic heterocycles. The van der Waals surface area contributed by atoms with E-state index in [1.165, 1.54) is 19.3 Å². The number of hydrogen-bond donors (Lipinski definition) is 2. The highest BCUT2D eigenvalue weighted by Crippen LogP contribution is 2.29. The predicted octanol–water partition coefficient (Wildman–Crippen LogP) is 1.28. The van der Waals surface area contributed by atoms with Gasteiger partial charge in [0.05, 0.1) is 12.6 Å². The van der Waals surface area contributed by atoms with Crippen molar-refractivity contribution in [2.24, 2.45) is 11.8 Å². The van der Waals surface area contributed by atoms with Gasteiger partial charge in [0, 0.05) is 12.5 Å². The van der Waals surface area contributed by atoms with Crippen LogP contribution in [0.5, 0.6) is 0 Å². The van der Waals surface area contributed by atoms with Crippen LogP contribution in [0.1, 0.15) is 51.9 Å². The second-order valence-corrected chi connectivity index (χ2v) is 7.32. The molecule has 3 unspecified atom stereocenters. The van der Waals surface area contributed by atoms with Crippen molar-refractivity contribution in [1.82, 2.24) is 15.5 Å². The maximum Gasteiger partial charge on any atom is 0.239 e. The second-order valence-electron chi connectivity index (χ2n) is 7.32. The van der Waals surface area contributed by atoms with Gasteiger partial charge in [0.1, 0.15) is 0 Å². The van der Waals surface area contributed by atoms with Crippen LogP contribution in [0.25, 0.3) is 0 Å². The molecule has 2 N–H and O–H groups in total. The minimum atomic E-state index is 0.0195. The number of nitrogens with zero attached hydrogens (tertiary/aromatic N) is 1. The van der Waals surface area contributed by atoms with Crippen LogP contribution in [-0.2, 0) is 9.59 Å². The highest BCUT2D eigenvalue weighted by molar-refractivity contribution is 5.86. The molecule has 5 heteroatoms. The third-order valence-electron chi connectivity index (χ3n) is 5.80. The molecule has 1 aliphatic carbocycles. The largest absolute Gasteiger partial charge is 0.350 e. The molecule has 124 valence electrons. The first-order chi connectivity index (χ1) is 10.6. The Kier molecular flexibility index (Phi) is 5.01. The summed E-state index contributed by atoms with van der Waals surface area (Å²) in [6.07, 6.45) is 7.32. The SMILES string of the molecule is CC(CC(=O)N1CC(=O)NC2CCCCC21)C1CCNCC1. The smallest absolute Gasteiger partial charge is 0.239 e. The first-order valence-electron chi connectivity index (χ1n) is 8.94. The van der Waals surface area contributed by atoms with E-state index in [1.54, 1.807) is 0 Å². The van der Waals surface area contributed by atoms with Crippen molar-refractivity contribution in [1.29, 1.82) is 0 Å². The highest BCUT2D eigenvalue weighted by Gasteiger charge is 2.39. The molecule has 0 aromatic rings. The van der Waals surface area contributed by atoms with E-state index in [0.29, 0.717) is 18.3 Å². The van der Waals surface area contributed by atoms with Crippen LogP contribution in [0, 0.1) is 11.8 Å². The van der Waals surface area contributed by atoms with Gasteiger partial charge in [-0.2, -0.15) is 0 Å². The van der Waals surface area contributed by atoms with Gasteiger partial charge in [0.25, 0.3) is 0 Å². The number of hydrogen-bond acceptors (Lipinski definition) is 3. The van der Waals surface area contributed by atoms with Crippen LogP contribution in [0.4, 0.5) is 0 Å². The van der Waals surface area contributed by atoms with Crippen LogP contribution in [-0.4, -0.2) is 48.4 Å².